The van der Waals surface area contributed by atoms with Crippen molar-refractivity contribution in [2.75, 3.05) is 20.3 Å². The van der Waals surface area contributed by atoms with Gasteiger partial charge in [-0.25, -0.2) is 0 Å². The molecule has 0 fully saturated rings. The minimum atomic E-state index is -0.910. The van der Waals surface area contributed by atoms with E-state index in [0.29, 0.717) is 0 Å². The SMILES string of the molecule is CCOC(=O)[C@@H](C)C[C@@H](NC(=O)COC)C(N)=O. The molecule has 0 aliphatic heterocycles. The van der Waals surface area contributed by atoms with E-state index in [0.717, 1.165) is 0 Å². The van der Waals surface area contributed by atoms with E-state index in [4.69, 9.17) is 10.5 Å². The average molecular weight is 260 g/mol. The molecule has 0 spiro atoms. The number of esters is 1. The molecule has 0 heterocycles. The number of hydrogen-bond donors (Lipinski definition) is 2. The fourth-order valence-corrected chi connectivity index (χ4v) is 1.35. The van der Waals surface area contributed by atoms with E-state index in [-0.39, 0.29) is 19.6 Å². The van der Waals surface area contributed by atoms with E-state index >= 15 is 0 Å². The van der Waals surface area contributed by atoms with Crippen LogP contribution in [0.15, 0.2) is 0 Å². The number of amides is 2. The van der Waals surface area contributed by atoms with Crippen LogP contribution >= 0.6 is 0 Å². The summed E-state index contributed by atoms with van der Waals surface area (Å²) >= 11 is 0. The van der Waals surface area contributed by atoms with Gasteiger partial charge in [0, 0.05) is 7.11 Å². The number of carbonyl (C=O) groups is 3. The maximum Gasteiger partial charge on any atom is 0.308 e. The minimum Gasteiger partial charge on any atom is -0.466 e. The summed E-state index contributed by atoms with van der Waals surface area (Å²) in [5, 5.41) is 2.40. The molecule has 0 saturated heterocycles. The fraction of sp³-hybridized carbons (Fsp3) is 0.727. The first-order valence-corrected chi connectivity index (χ1v) is 5.66. The van der Waals surface area contributed by atoms with Crippen LogP contribution in [0.1, 0.15) is 20.3 Å². The smallest absolute Gasteiger partial charge is 0.308 e. The molecule has 0 aliphatic carbocycles. The van der Waals surface area contributed by atoms with Gasteiger partial charge in [-0.1, -0.05) is 6.92 Å². The molecule has 0 aliphatic rings. The number of methoxy groups -OCH3 is 1. The molecule has 104 valence electrons. The summed E-state index contributed by atoms with van der Waals surface area (Å²) < 4.78 is 9.43. The van der Waals surface area contributed by atoms with Crippen LogP contribution in [0.3, 0.4) is 0 Å². The third-order valence-corrected chi connectivity index (χ3v) is 2.23. The molecule has 0 rings (SSSR count). The second-order valence-electron chi connectivity index (χ2n) is 3.84. The normalized spacial score (nSPS) is 13.5. The van der Waals surface area contributed by atoms with Crippen LogP contribution in [0.4, 0.5) is 0 Å². The molecule has 18 heavy (non-hydrogen) atoms. The predicted octanol–water partition coefficient (Wildman–Crippen LogP) is -0.808. The van der Waals surface area contributed by atoms with E-state index in [1.165, 1.54) is 7.11 Å². The molecule has 2 amide bonds. The topological polar surface area (TPSA) is 108 Å². The Morgan fingerprint density at radius 3 is 2.39 bits per heavy atom. The highest BCUT2D eigenvalue weighted by molar-refractivity contribution is 5.87. The maximum absolute atomic E-state index is 11.4. The summed E-state index contributed by atoms with van der Waals surface area (Å²) in [6.45, 7) is 3.39. The third-order valence-electron chi connectivity index (χ3n) is 2.23. The van der Waals surface area contributed by atoms with Crippen molar-refractivity contribution >= 4 is 17.8 Å². The first kappa shape index (κ1) is 16.4. The standard InChI is InChI=1S/C11H20N2O5/c1-4-18-11(16)7(2)5-8(10(12)15)13-9(14)6-17-3/h7-8H,4-6H2,1-3H3,(H2,12,15)(H,13,14)/t7-,8+/m0/s1. The summed E-state index contributed by atoms with van der Waals surface area (Å²) in [5.74, 6) is -2.11. The maximum atomic E-state index is 11.4. The van der Waals surface area contributed by atoms with Gasteiger partial charge < -0.3 is 20.5 Å². The van der Waals surface area contributed by atoms with Gasteiger partial charge in [0.25, 0.3) is 0 Å². The van der Waals surface area contributed by atoms with Crippen LogP contribution in [0.5, 0.6) is 0 Å². The lowest BCUT2D eigenvalue weighted by Crippen LogP contribution is -2.47. The monoisotopic (exact) mass is 260 g/mol. The second kappa shape index (κ2) is 8.46. The lowest BCUT2D eigenvalue weighted by atomic mass is 10.0. The lowest BCUT2D eigenvalue weighted by Gasteiger charge is -2.18. The highest BCUT2D eigenvalue weighted by atomic mass is 16.5. The Morgan fingerprint density at radius 1 is 1.33 bits per heavy atom. The number of nitrogens with two attached hydrogens (primary N) is 1. The van der Waals surface area contributed by atoms with Crippen molar-refractivity contribution in [3.05, 3.63) is 0 Å². The first-order valence-electron chi connectivity index (χ1n) is 5.66. The van der Waals surface area contributed by atoms with E-state index < -0.39 is 29.7 Å². The zero-order valence-electron chi connectivity index (χ0n) is 10.9. The number of hydrogen-bond acceptors (Lipinski definition) is 5. The Balaban J connectivity index is 4.40. The van der Waals surface area contributed by atoms with Crippen molar-refractivity contribution < 1.29 is 23.9 Å². The molecule has 0 saturated carbocycles. The molecule has 7 heteroatoms. The zero-order chi connectivity index (χ0) is 14.1. The van der Waals surface area contributed by atoms with Crippen molar-refractivity contribution in [3.8, 4) is 0 Å². The van der Waals surface area contributed by atoms with Crippen molar-refractivity contribution in [2.24, 2.45) is 11.7 Å². The molecule has 0 bridgehead atoms. The zero-order valence-corrected chi connectivity index (χ0v) is 10.9. The summed E-state index contributed by atoms with van der Waals surface area (Å²) in [6.07, 6.45) is 0.101. The molecular weight excluding hydrogens is 240 g/mol. The molecule has 0 aromatic rings. The number of carbonyl (C=O) groups excluding carboxylic acids is 3. The van der Waals surface area contributed by atoms with Crippen LogP contribution in [0, 0.1) is 5.92 Å². The fourth-order valence-electron chi connectivity index (χ4n) is 1.35. The molecule has 0 radical (unpaired) electrons. The van der Waals surface area contributed by atoms with Crippen LogP contribution < -0.4 is 11.1 Å². The van der Waals surface area contributed by atoms with Crippen LogP contribution in [0.25, 0.3) is 0 Å². The number of rotatable bonds is 8. The molecule has 3 N–H and O–H groups in total. The molecule has 0 unspecified atom stereocenters. The third kappa shape index (κ3) is 6.19. The highest BCUT2D eigenvalue weighted by Crippen LogP contribution is 2.08. The predicted molar refractivity (Wildman–Crippen MR) is 63.4 cm³/mol. The quantitative estimate of drug-likeness (QED) is 0.555. The molecule has 0 aromatic heterocycles. The Labute approximate surface area is 106 Å². The van der Waals surface area contributed by atoms with Crippen LogP contribution in [-0.2, 0) is 23.9 Å². The van der Waals surface area contributed by atoms with Gasteiger partial charge in [0.05, 0.1) is 12.5 Å². The lowest BCUT2D eigenvalue weighted by molar-refractivity contribution is -0.148. The van der Waals surface area contributed by atoms with Gasteiger partial charge in [0.1, 0.15) is 12.6 Å². The van der Waals surface area contributed by atoms with Gasteiger partial charge in [0.2, 0.25) is 11.8 Å². The van der Waals surface area contributed by atoms with Crippen LogP contribution in [0.2, 0.25) is 0 Å². The van der Waals surface area contributed by atoms with Crippen LogP contribution in [-0.4, -0.2) is 44.1 Å². The summed E-state index contributed by atoms with van der Waals surface area (Å²) in [7, 11) is 1.36. The number of nitrogens with one attached hydrogen (secondary N) is 1. The molecule has 7 nitrogen and oxygen atoms in total. The van der Waals surface area contributed by atoms with Gasteiger partial charge in [0.15, 0.2) is 0 Å². The number of primary amides is 1. The van der Waals surface area contributed by atoms with E-state index in [2.05, 4.69) is 10.1 Å². The molecule has 0 aromatic carbocycles. The molecular formula is C11H20N2O5. The van der Waals surface area contributed by atoms with Gasteiger partial charge in [-0.15, -0.1) is 0 Å². The average Bonchev–Trinajstić information content (AvgIpc) is 2.28. The van der Waals surface area contributed by atoms with Gasteiger partial charge in [-0.2, -0.15) is 0 Å². The van der Waals surface area contributed by atoms with Gasteiger partial charge in [-0.3, -0.25) is 14.4 Å². The first-order chi connectivity index (χ1) is 8.42. The summed E-state index contributed by atoms with van der Waals surface area (Å²) in [5.41, 5.74) is 5.16. The van der Waals surface area contributed by atoms with Crippen molar-refractivity contribution in [3.63, 3.8) is 0 Å². The largest absolute Gasteiger partial charge is 0.466 e. The van der Waals surface area contributed by atoms with Gasteiger partial charge >= 0.3 is 5.97 Å². The number of ether oxygens (including phenoxy) is 2. The minimum absolute atomic E-state index is 0.101. The van der Waals surface area contributed by atoms with E-state index in [1.807, 2.05) is 0 Å². The van der Waals surface area contributed by atoms with E-state index in [9.17, 15) is 14.4 Å². The Bertz CT molecular complexity index is 306. The van der Waals surface area contributed by atoms with Gasteiger partial charge in [-0.05, 0) is 13.3 Å². The molecule has 2 atom stereocenters. The Kier molecular flexibility index (Phi) is 7.69. The van der Waals surface area contributed by atoms with E-state index in [1.54, 1.807) is 13.8 Å². The Hall–Kier alpha value is -1.63. The van der Waals surface area contributed by atoms with Crippen molar-refractivity contribution in [2.45, 2.75) is 26.3 Å². The highest BCUT2D eigenvalue weighted by Gasteiger charge is 2.24. The van der Waals surface area contributed by atoms with Crippen molar-refractivity contribution in [1.29, 1.82) is 0 Å². The van der Waals surface area contributed by atoms with Crippen molar-refractivity contribution in [1.82, 2.24) is 5.32 Å². The summed E-state index contributed by atoms with van der Waals surface area (Å²) in [4.78, 5) is 33.8. The summed E-state index contributed by atoms with van der Waals surface area (Å²) in [6, 6.07) is -0.910. The second-order valence-corrected chi connectivity index (χ2v) is 3.84. The Morgan fingerprint density at radius 2 is 1.94 bits per heavy atom.